The molecule has 1 saturated heterocycles. The van der Waals surface area contributed by atoms with Gasteiger partial charge in [-0.1, -0.05) is 6.92 Å². The molecule has 0 radical (unpaired) electrons. The summed E-state index contributed by atoms with van der Waals surface area (Å²) in [5, 5.41) is 0. The Morgan fingerprint density at radius 1 is 1.53 bits per heavy atom. The zero-order valence-corrected chi connectivity index (χ0v) is 10.3. The van der Waals surface area contributed by atoms with Gasteiger partial charge in [-0.2, -0.15) is 0 Å². The third kappa shape index (κ3) is 2.32. The van der Waals surface area contributed by atoms with Gasteiger partial charge in [0.15, 0.2) is 0 Å². The van der Waals surface area contributed by atoms with Gasteiger partial charge in [0.1, 0.15) is 6.04 Å². The second-order valence-corrected chi connectivity index (χ2v) is 4.93. The van der Waals surface area contributed by atoms with Crippen LogP contribution < -0.4 is 5.73 Å². The van der Waals surface area contributed by atoms with Crippen LogP contribution in [0.5, 0.6) is 0 Å². The Bertz CT molecular complexity index is 240. The molecule has 0 aliphatic carbocycles. The summed E-state index contributed by atoms with van der Waals surface area (Å²) >= 11 is 0. The highest BCUT2D eigenvalue weighted by atomic mass is 16.2. The Hall–Kier alpha value is -0.610. The Morgan fingerprint density at radius 2 is 2.13 bits per heavy atom. The number of carbonyl (C=O) groups is 1. The van der Waals surface area contributed by atoms with Crippen LogP contribution in [0, 0.1) is 0 Å². The molecule has 0 aromatic rings. The van der Waals surface area contributed by atoms with Crippen molar-refractivity contribution in [3.05, 3.63) is 0 Å². The number of hydrogen-bond donors (Lipinski definition) is 1. The quantitative estimate of drug-likeness (QED) is 0.732. The molecule has 1 unspecified atom stereocenters. The summed E-state index contributed by atoms with van der Waals surface area (Å²) in [5.41, 5.74) is 5.70. The van der Waals surface area contributed by atoms with E-state index in [1.54, 1.807) is 0 Å². The number of likely N-dealkylation sites (N-methyl/N-ethyl adjacent to an activating group) is 1. The van der Waals surface area contributed by atoms with Crippen LogP contribution in [0.3, 0.4) is 0 Å². The minimum atomic E-state index is -0.153. The molecule has 1 amide bonds. The third-order valence-electron chi connectivity index (χ3n) is 3.31. The van der Waals surface area contributed by atoms with Crippen molar-refractivity contribution in [2.24, 2.45) is 5.73 Å². The van der Waals surface area contributed by atoms with Crippen molar-refractivity contribution in [3.8, 4) is 0 Å². The van der Waals surface area contributed by atoms with E-state index in [2.05, 4.69) is 25.7 Å². The zero-order valence-electron chi connectivity index (χ0n) is 10.3. The lowest BCUT2D eigenvalue weighted by atomic mass is 9.95. The standard InChI is InChI=1S/C11H23N3O/c1-5-6-14-8-11(2,3)13(4)9(7-12)10(14)15/h9H,5-8,12H2,1-4H3. The second-order valence-electron chi connectivity index (χ2n) is 4.93. The molecule has 0 aromatic carbocycles. The van der Waals surface area contributed by atoms with Gasteiger partial charge in [0.25, 0.3) is 0 Å². The molecule has 0 spiro atoms. The molecule has 4 nitrogen and oxygen atoms in total. The first-order valence-electron chi connectivity index (χ1n) is 5.66. The predicted octanol–water partition coefficient (Wildman–Crippen LogP) is 0.276. The number of rotatable bonds is 3. The fourth-order valence-electron chi connectivity index (χ4n) is 2.17. The summed E-state index contributed by atoms with van der Waals surface area (Å²) < 4.78 is 0. The Labute approximate surface area is 92.4 Å². The smallest absolute Gasteiger partial charge is 0.241 e. The van der Waals surface area contributed by atoms with Gasteiger partial charge in [-0.05, 0) is 27.3 Å². The first-order valence-corrected chi connectivity index (χ1v) is 5.66. The fourth-order valence-corrected chi connectivity index (χ4v) is 2.17. The first-order chi connectivity index (χ1) is 6.94. The number of nitrogens with two attached hydrogens (primary N) is 1. The van der Waals surface area contributed by atoms with Crippen molar-refractivity contribution in [1.82, 2.24) is 9.80 Å². The van der Waals surface area contributed by atoms with E-state index in [9.17, 15) is 4.79 Å². The molecule has 1 heterocycles. The van der Waals surface area contributed by atoms with Gasteiger partial charge in [0.2, 0.25) is 5.91 Å². The van der Waals surface area contributed by atoms with Crippen LogP contribution in [-0.2, 0) is 4.79 Å². The van der Waals surface area contributed by atoms with E-state index in [0.717, 1.165) is 19.5 Å². The van der Waals surface area contributed by atoms with Crippen LogP contribution >= 0.6 is 0 Å². The van der Waals surface area contributed by atoms with E-state index >= 15 is 0 Å². The van der Waals surface area contributed by atoms with E-state index < -0.39 is 0 Å². The highest BCUT2D eigenvalue weighted by Crippen LogP contribution is 2.23. The maximum Gasteiger partial charge on any atom is 0.241 e. The Morgan fingerprint density at radius 3 is 2.60 bits per heavy atom. The van der Waals surface area contributed by atoms with Crippen LogP contribution in [0.25, 0.3) is 0 Å². The molecule has 1 fully saturated rings. The predicted molar refractivity (Wildman–Crippen MR) is 61.6 cm³/mol. The number of nitrogens with zero attached hydrogens (tertiary/aromatic N) is 2. The molecule has 15 heavy (non-hydrogen) atoms. The van der Waals surface area contributed by atoms with Crippen LogP contribution in [0.4, 0.5) is 0 Å². The maximum absolute atomic E-state index is 12.0. The van der Waals surface area contributed by atoms with Crippen molar-refractivity contribution in [3.63, 3.8) is 0 Å². The topological polar surface area (TPSA) is 49.6 Å². The highest BCUT2D eigenvalue weighted by Gasteiger charge is 2.41. The molecule has 1 atom stereocenters. The van der Waals surface area contributed by atoms with E-state index in [1.165, 1.54) is 0 Å². The van der Waals surface area contributed by atoms with Crippen molar-refractivity contribution in [2.45, 2.75) is 38.8 Å². The molecule has 0 aromatic heterocycles. The summed E-state index contributed by atoms with van der Waals surface area (Å²) in [6.45, 7) is 8.45. The molecule has 4 heteroatoms. The van der Waals surface area contributed by atoms with Crippen LogP contribution in [0.1, 0.15) is 27.2 Å². The van der Waals surface area contributed by atoms with Gasteiger partial charge in [-0.15, -0.1) is 0 Å². The van der Waals surface area contributed by atoms with Crippen LogP contribution in [-0.4, -0.2) is 54.0 Å². The van der Waals surface area contributed by atoms with Crippen molar-refractivity contribution in [2.75, 3.05) is 26.7 Å². The first kappa shape index (κ1) is 12.5. The van der Waals surface area contributed by atoms with Gasteiger partial charge in [0, 0.05) is 25.2 Å². The maximum atomic E-state index is 12.0. The van der Waals surface area contributed by atoms with E-state index in [4.69, 9.17) is 5.73 Å². The third-order valence-corrected chi connectivity index (χ3v) is 3.31. The summed E-state index contributed by atoms with van der Waals surface area (Å²) in [6.07, 6.45) is 1.00. The Balaban J connectivity index is 2.85. The summed E-state index contributed by atoms with van der Waals surface area (Å²) in [7, 11) is 1.98. The second kappa shape index (κ2) is 4.49. The molecule has 2 N–H and O–H groups in total. The average molecular weight is 213 g/mol. The monoisotopic (exact) mass is 213 g/mol. The largest absolute Gasteiger partial charge is 0.339 e. The number of carbonyl (C=O) groups excluding carboxylic acids is 1. The number of amides is 1. The normalized spacial score (nSPS) is 27.1. The summed E-state index contributed by atoms with van der Waals surface area (Å²) in [6, 6.07) is -0.153. The summed E-state index contributed by atoms with van der Waals surface area (Å²) in [5.74, 6) is 0.182. The van der Waals surface area contributed by atoms with Gasteiger partial charge in [0.05, 0.1) is 0 Å². The van der Waals surface area contributed by atoms with Gasteiger partial charge in [-0.25, -0.2) is 0 Å². The lowest BCUT2D eigenvalue weighted by Gasteiger charge is -2.49. The molecular weight excluding hydrogens is 190 g/mol. The van der Waals surface area contributed by atoms with Gasteiger partial charge in [-0.3, -0.25) is 9.69 Å². The number of hydrogen-bond acceptors (Lipinski definition) is 3. The molecule has 0 saturated carbocycles. The zero-order chi connectivity index (χ0) is 11.6. The minimum absolute atomic E-state index is 0.0209. The lowest BCUT2D eigenvalue weighted by molar-refractivity contribution is -0.147. The van der Waals surface area contributed by atoms with Crippen molar-refractivity contribution >= 4 is 5.91 Å². The van der Waals surface area contributed by atoms with E-state index in [1.807, 2.05) is 11.9 Å². The minimum Gasteiger partial charge on any atom is -0.339 e. The number of piperazine rings is 1. The molecule has 88 valence electrons. The van der Waals surface area contributed by atoms with Crippen LogP contribution in [0.2, 0.25) is 0 Å². The Kier molecular flexibility index (Phi) is 3.73. The molecule has 1 aliphatic heterocycles. The fraction of sp³-hybridized carbons (Fsp3) is 0.909. The lowest BCUT2D eigenvalue weighted by Crippen LogP contribution is -2.66. The molecule has 0 bridgehead atoms. The van der Waals surface area contributed by atoms with Crippen molar-refractivity contribution < 1.29 is 4.79 Å². The average Bonchev–Trinajstić information content (AvgIpc) is 2.16. The molecular formula is C11H23N3O. The highest BCUT2D eigenvalue weighted by molar-refractivity contribution is 5.83. The van der Waals surface area contributed by atoms with E-state index in [-0.39, 0.29) is 17.5 Å². The molecule has 1 aliphatic rings. The SMILES string of the molecule is CCCN1CC(C)(C)N(C)C(CN)C1=O. The van der Waals surface area contributed by atoms with Crippen LogP contribution in [0.15, 0.2) is 0 Å². The molecule has 1 rings (SSSR count). The summed E-state index contributed by atoms with van der Waals surface area (Å²) in [4.78, 5) is 16.1. The van der Waals surface area contributed by atoms with Gasteiger partial charge < -0.3 is 10.6 Å². The van der Waals surface area contributed by atoms with Crippen molar-refractivity contribution in [1.29, 1.82) is 0 Å². The van der Waals surface area contributed by atoms with Gasteiger partial charge >= 0.3 is 0 Å². The van der Waals surface area contributed by atoms with E-state index in [0.29, 0.717) is 6.54 Å².